The second-order valence-corrected chi connectivity index (χ2v) is 6.21. The highest BCUT2D eigenvalue weighted by Gasteiger charge is 2.60. The Balaban J connectivity index is 1.75. The molecule has 3 atom stereocenters. The number of carbonyl (C=O) groups is 1. The highest BCUT2D eigenvalue weighted by atomic mass is 17.3. The minimum absolute atomic E-state index is 0.0916. The highest BCUT2D eigenvalue weighted by Crippen LogP contribution is 2.54. The highest BCUT2D eigenvalue weighted by molar-refractivity contribution is 5.98. The Hall–Kier alpha value is -1.69. The fourth-order valence-corrected chi connectivity index (χ4v) is 3.45. The van der Waals surface area contributed by atoms with Gasteiger partial charge in [0.2, 0.25) is 5.79 Å². The predicted octanol–water partition coefficient (Wildman–Crippen LogP) is 2.86. The lowest BCUT2D eigenvalue weighted by molar-refractivity contribution is -0.519. The average Bonchev–Trinajstić information content (AvgIpc) is 2.55. The molecule has 0 amide bonds. The Morgan fingerprint density at radius 2 is 2.00 bits per heavy atom. The molecule has 1 aromatic carbocycles. The largest absolute Gasteiger partial charge is 0.497 e. The quantitative estimate of drug-likeness (QED) is 0.786. The summed E-state index contributed by atoms with van der Waals surface area (Å²) in [6, 6.07) is 7.68. The fourth-order valence-electron chi connectivity index (χ4n) is 3.45. The molecule has 2 bridgehead atoms. The number of methoxy groups -OCH3 is 1. The molecule has 0 N–H and O–H groups in total. The van der Waals surface area contributed by atoms with Gasteiger partial charge in [0.15, 0.2) is 11.4 Å². The third kappa shape index (κ3) is 1.86. The number of Topliss-reactive ketones (excluding diaryl/α,β-unsaturated/α-hetero) is 1. The van der Waals surface area contributed by atoms with Gasteiger partial charge in [-0.15, -0.1) is 0 Å². The predicted molar refractivity (Wildman–Crippen MR) is 77.1 cm³/mol. The first-order valence-electron chi connectivity index (χ1n) is 7.51. The minimum atomic E-state index is -1.04. The van der Waals surface area contributed by atoms with E-state index in [9.17, 15) is 4.79 Å². The van der Waals surface area contributed by atoms with Gasteiger partial charge >= 0.3 is 0 Å². The molecule has 3 aliphatic heterocycles. The van der Waals surface area contributed by atoms with E-state index in [4.69, 9.17) is 19.2 Å². The average molecular weight is 302 g/mol. The van der Waals surface area contributed by atoms with Gasteiger partial charge in [0.1, 0.15) is 11.9 Å². The van der Waals surface area contributed by atoms with E-state index >= 15 is 0 Å². The van der Waals surface area contributed by atoms with Crippen molar-refractivity contribution in [2.45, 2.75) is 43.7 Å². The number of rotatable bonds is 2. The third-order valence-electron chi connectivity index (χ3n) is 4.65. The van der Waals surface area contributed by atoms with Crippen LogP contribution in [-0.2, 0) is 19.3 Å². The molecule has 1 unspecified atom stereocenters. The van der Waals surface area contributed by atoms with Crippen LogP contribution in [0.3, 0.4) is 0 Å². The molecule has 1 aromatic rings. The van der Waals surface area contributed by atoms with Gasteiger partial charge in [0.05, 0.1) is 12.7 Å². The number of benzene rings is 1. The van der Waals surface area contributed by atoms with E-state index in [0.717, 1.165) is 17.7 Å². The van der Waals surface area contributed by atoms with Crippen LogP contribution >= 0.6 is 0 Å². The smallest absolute Gasteiger partial charge is 0.231 e. The first kappa shape index (κ1) is 13.9. The molecule has 22 heavy (non-hydrogen) atoms. The molecule has 0 radical (unpaired) electrons. The maximum absolute atomic E-state index is 12.2. The molecule has 5 nitrogen and oxygen atoms in total. The summed E-state index contributed by atoms with van der Waals surface area (Å²) >= 11 is 0. The first-order valence-corrected chi connectivity index (χ1v) is 7.51. The summed E-state index contributed by atoms with van der Waals surface area (Å²) in [7, 11) is 1.63. The molecule has 2 fully saturated rings. The van der Waals surface area contributed by atoms with E-state index in [0.29, 0.717) is 18.4 Å². The monoisotopic (exact) mass is 302 g/mol. The van der Waals surface area contributed by atoms with Gasteiger partial charge < -0.3 is 9.47 Å². The van der Waals surface area contributed by atoms with Crippen LogP contribution in [0.1, 0.15) is 37.9 Å². The van der Waals surface area contributed by atoms with Crippen LogP contribution in [-0.4, -0.2) is 24.3 Å². The van der Waals surface area contributed by atoms with Crippen molar-refractivity contribution >= 4 is 5.78 Å². The molecular weight excluding hydrogens is 284 g/mol. The van der Waals surface area contributed by atoms with Crippen LogP contribution in [0.4, 0.5) is 0 Å². The minimum Gasteiger partial charge on any atom is -0.497 e. The lowest BCUT2D eigenvalue weighted by Gasteiger charge is -2.53. The Labute approximate surface area is 128 Å². The molecule has 1 saturated carbocycles. The number of ether oxygens (including phenoxy) is 2. The van der Waals surface area contributed by atoms with Crippen molar-refractivity contribution in [2.24, 2.45) is 0 Å². The summed E-state index contributed by atoms with van der Waals surface area (Å²) in [5.74, 6) is -0.166. The zero-order chi connectivity index (χ0) is 15.4. The van der Waals surface area contributed by atoms with Crippen molar-refractivity contribution in [3.05, 3.63) is 41.5 Å². The van der Waals surface area contributed by atoms with Gasteiger partial charge in [-0.25, -0.2) is 4.89 Å². The van der Waals surface area contributed by atoms with Gasteiger partial charge in [-0.2, -0.15) is 4.89 Å². The standard InChI is InChI=1S/C17H18O5/c1-16-10-13-14(18)4-3-9-17(13,22-21-16)20-15(16)11-5-7-12(19-2)8-6-11/h5-8,10,15H,3-4,9H2,1-2H3/t15?,16-,17+/m1/s1. The molecule has 1 aliphatic carbocycles. The number of carbonyl (C=O) groups excluding carboxylic acids is 1. The van der Waals surface area contributed by atoms with E-state index in [2.05, 4.69) is 0 Å². The van der Waals surface area contributed by atoms with Crippen LogP contribution in [0.25, 0.3) is 0 Å². The molecule has 1 spiro atoms. The molecular formula is C17H18O5. The Bertz CT molecular complexity index is 650. The molecule has 0 aromatic heterocycles. The van der Waals surface area contributed by atoms with Crippen molar-refractivity contribution in [3.63, 3.8) is 0 Å². The van der Waals surface area contributed by atoms with Gasteiger partial charge in [-0.05, 0) is 37.1 Å². The lowest BCUT2D eigenvalue weighted by Crippen LogP contribution is -2.59. The third-order valence-corrected chi connectivity index (χ3v) is 4.65. The van der Waals surface area contributed by atoms with Gasteiger partial charge in [0, 0.05) is 12.8 Å². The number of fused-ring (bicyclic) bond motifs is 2. The van der Waals surface area contributed by atoms with Crippen molar-refractivity contribution in [1.29, 1.82) is 0 Å². The van der Waals surface area contributed by atoms with Crippen molar-refractivity contribution in [2.75, 3.05) is 7.11 Å². The van der Waals surface area contributed by atoms with E-state index in [1.54, 1.807) is 7.11 Å². The topological polar surface area (TPSA) is 54.0 Å². The summed E-state index contributed by atoms with van der Waals surface area (Å²) in [6.07, 6.45) is 3.49. The van der Waals surface area contributed by atoms with Crippen LogP contribution in [0, 0.1) is 0 Å². The zero-order valence-corrected chi connectivity index (χ0v) is 12.6. The summed E-state index contributed by atoms with van der Waals surface area (Å²) in [5.41, 5.74) is 0.773. The van der Waals surface area contributed by atoms with E-state index in [1.807, 2.05) is 37.3 Å². The summed E-state index contributed by atoms with van der Waals surface area (Å²) in [6.45, 7) is 1.87. The second kappa shape index (κ2) is 4.65. The Kier molecular flexibility index (Phi) is 2.95. The van der Waals surface area contributed by atoms with Gasteiger partial charge in [-0.3, -0.25) is 4.79 Å². The maximum Gasteiger partial charge on any atom is 0.231 e. The van der Waals surface area contributed by atoms with Crippen molar-refractivity contribution < 1.29 is 24.0 Å². The number of hydrogen-bond acceptors (Lipinski definition) is 5. The normalized spacial score (nSPS) is 36.7. The lowest BCUT2D eigenvalue weighted by atomic mass is 9.78. The van der Waals surface area contributed by atoms with Crippen LogP contribution in [0.15, 0.2) is 35.9 Å². The molecule has 116 valence electrons. The summed E-state index contributed by atoms with van der Waals surface area (Å²) in [5, 5.41) is 0. The first-order chi connectivity index (χ1) is 10.6. The molecule has 5 rings (SSSR count). The van der Waals surface area contributed by atoms with E-state index in [-0.39, 0.29) is 11.9 Å². The second-order valence-electron chi connectivity index (χ2n) is 6.21. The molecule has 3 heterocycles. The van der Waals surface area contributed by atoms with Crippen LogP contribution in [0.5, 0.6) is 5.75 Å². The van der Waals surface area contributed by atoms with E-state index < -0.39 is 11.4 Å². The Morgan fingerprint density at radius 3 is 2.73 bits per heavy atom. The maximum atomic E-state index is 12.2. The van der Waals surface area contributed by atoms with Gasteiger partial charge in [0.25, 0.3) is 0 Å². The number of ketones is 1. The summed E-state index contributed by atoms with van der Waals surface area (Å²) in [4.78, 5) is 23.3. The fraction of sp³-hybridized carbons (Fsp3) is 0.471. The van der Waals surface area contributed by atoms with Crippen molar-refractivity contribution in [3.8, 4) is 5.75 Å². The SMILES string of the molecule is COc1ccc(C2O[C@]34CCCC(=O)C3=C[C@@]2(C)OO4)cc1. The molecule has 1 saturated heterocycles. The molecule has 4 aliphatic rings. The zero-order valence-electron chi connectivity index (χ0n) is 12.6. The summed E-state index contributed by atoms with van der Waals surface area (Å²) < 4.78 is 11.4. The Morgan fingerprint density at radius 1 is 1.23 bits per heavy atom. The van der Waals surface area contributed by atoms with Crippen LogP contribution in [0.2, 0.25) is 0 Å². The number of hydrogen-bond donors (Lipinski definition) is 0. The van der Waals surface area contributed by atoms with E-state index in [1.165, 1.54) is 0 Å². The van der Waals surface area contributed by atoms with Crippen molar-refractivity contribution in [1.82, 2.24) is 0 Å². The molecule has 5 heteroatoms. The van der Waals surface area contributed by atoms with Gasteiger partial charge in [-0.1, -0.05) is 12.1 Å². The van der Waals surface area contributed by atoms with Crippen LogP contribution < -0.4 is 4.74 Å².